The molecule has 2 heteroatoms. The summed E-state index contributed by atoms with van der Waals surface area (Å²) in [5.74, 6) is 1.03. The highest BCUT2D eigenvalue weighted by Gasteiger charge is 2.23. The van der Waals surface area contributed by atoms with Gasteiger partial charge in [-0.2, -0.15) is 0 Å². The Balaban J connectivity index is 2.00. The molecule has 1 N–H and O–H groups in total. The molecule has 23 heavy (non-hydrogen) atoms. The van der Waals surface area contributed by atoms with E-state index in [1.807, 2.05) is 6.20 Å². The van der Waals surface area contributed by atoms with Crippen LogP contribution in [0, 0.1) is 0 Å². The summed E-state index contributed by atoms with van der Waals surface area (Å²) in [5, 5.41) is 3.87. The zero-order valence-corrected chi connectivity index (χ0v) is 14.8. The van der Waals surface area contributed by atoms with Gasteiger partial charge in [-0.15, -0.1) is 0 Å². The van der Waals surface area contributed by atoms with Crippen LogP contribution in [0.5, 0.6) is 0 Å². The molecule has 0 saturated heterocycles. The van der Waals surface area contributed by atoms with Gasteiger partial charge >= 0.3 is 0 Å². The van der Waals surface area contributed by atoms with Gasteiger partial charge in [-0.3, -0.25) is 4.98 Å². The number of aryl methyl sites for hydroxylation is 1. The van der Waals surface area contributed by atoms with E-state index in [4.69, 9.17) is 0 Å². The van der Waals surface area contributed by atoms with Crippen LogP contribution in [-0.2, 0) is 6.42 Å². The Morgan fingerprint density at radius 3 is 2.35 bits per heavy atom. The van der Waals surface area contributed by atoms with Gasteiger partial charge in [-0.25, -0.2) is 0 Å². The highest BCUT2D eigenvalue weighted by molar-refractivity contribution is 5.61. The average Bonchev–Trinajstić information content (AvgIpc) is 2.55. The van der Waals surface area contributed by atoms with Crippen LogP contribution in [0.4, 0.5) is 5.69 Å². The number of aromatic nitrogens is 1. The van der Waals surface area contributed by atoms with Crippen molar-refractivity contribution < 1.29 is 0 Å². The summed E-state index contributed by atoms with van der Waals surface area (Å²) in [6.07, 6.45) is 5.48. The zero-order valence-electron chi connectivity index (χ0n) is 14.8. The highest BCUT2D eigenvalue weighted by Crippen LogP contribution is 2.37. The second-order valence-corrected chi connectivity index (χ2v) is 7.26. The second-order valence-electron chi connectivity index (χ2n) is 7.26. The molecule has 1 atom stereocenters. The Morgan fingerprint density at radius 2 is 1.70 bits per heavy atom. The summed E-state index contributed by atoms with van der Waals surface area (Å²) in [6, 6.07) is 11.3. The number of hydrogen-bond acceptors (Lipinski definition) is 2. The molecule has 122 valence electrons. The van der Waals surface area contributed by atoms with Crippen molar-refractivity contribution in [3.8, 4) is 0 Å². The number of nitrogens with zero attached hydrogens (tertiary/aromatic N) is 1. The summed E-state index contributed by atoms with van der Waals surface area (Å²) in [4.78, 5) is 4.68. The number of anilines is 1. The quantitative estimate of drug-likeness (QED) is 0.770. The maximum atomic E-state index is 4.68. The molecule has 1 heterocycles. The first-order chi connectivity index (χ1) is 11.1. The molecule has 1 aromatic heterocycles. The first kappa shape index (κ1) is 16.0. The number of hydrogen-bond donors (Lipinski definition) is 1. The van der Waals surface area contributed by atoms with E-state index in [0.29, 0.717) is 17.9 Å². The lowest BCUT2D eigenvalue weighted by Gasteiger charge is -2.29. The van der Waals surface area contributed by atoms with Crippen molar-refractivity contribution in [2.75, 3.05) is 5.32 Å². The second kappa shape index (κ2) is 6.74. The van der Waals surface area contributed by atoms with E-state index < -0.39 is 0 Å². The molecule has 0 bridgehead atoms. The molecule has 3 rings (SSSR count). The molecule has 1 unspecified atom stereocenters. The maximum absolute atomic E-state index is 4.68. The van der Waals surface area contributed by atoms with Gasteiger partial charge in [-0.05, 0) is 53.9 Å². The summed E-state index contributed by atoms with van der Waals surface area (Å²) in [6.45, 7) is 9.10. The molecule has 1 aliphatic rings. The van der Waals surface area contributed by atoms with E-state index in [0.717, 1.165) is 12.8 Å². The molecule has 1 aliphatic carbocycles. The fourth-order valence-corrected chi connectivity index (χ4v) is 3.64. The normalized spacial score (nSPS) is 17.4. The predicted octanol–water partition coefficient (Wildman–Crippen LogP) is 5.82. The molecule has 2 aromatic rings. The van der Waals surface area contributed by atoms with E-state index in [1.54, 1.807) is 0 Å². The van der Waals surface area contributed by atoms with Crippen molar-refractivity contribution >= 4 is 5.69 Å². The van der Waals surface area contributed by atoms with E-state index in [9.17, 15) is 0 Å². The molecular formula is C21H28N2. The highest BCUT2D eigenvalue weighted by atomic mass is 15.0. The third-order valence-corrected chi connectivity index (χ3v) is 4.89. The lowest BCUT2D eigenvalue weighted by atomic mass is 9.89. The topological polar surface area (TPSA) is 24.9 Å². The first-order valence-corrected chi connectivity index (χ1v) is 8.91. The summed E-state index contributed by atoms with van der Waals surface area (Å²) < 4.78 is 0. The van der Waals surface area contributed by atoms with Crippen molar-refractivity contribution in [3.05, 3.63) is 58.9 Å². The SMILES string of the molecule is CC(C)c1cccc(C(C)C)c1NC1CCCc2cccnc21. The van der Waals surface area contributed by atoms with Crippen molar-refractivity contribution in [1.82, 2.24) is 4.98 Å². The van der Waals surface area contributed by atoms with Crippen molar-refractivity contribution in [3.63, 3.8) is 0 Å². The largest absolute Gasteiger partial charge is 0.376 e. The molecule has 0 saturated carbocycles. The van der Waals surface area contributed by atoms with Crippen molar-refractivity contribution in [1.29, 1.82) is 0 Å². The van der Waals surface area contributed by atoms with E-state index in [1.165, 1.54) is 34.5 Å². The number of nitrogens with one attached hydrogen (secondary N) is 1. The van der Waals surface area contributed by atoms with Gasteiger partial charge in [0.1, 0.15) is 0 Å². The van der Waals surface area contributed by atoms with E-state index in [-0.39, 0.29) is 0 Å². The van der Waals surface area contributed by atoms with Crippen LogP contribution in [0.3, 0.4) is 0 Å². The third kappa shape index (κ3) is 3.26. The van der Waals surface area contributed by atoms with Gasteiger partial charge < -0.3 is 5.32 Å². The zero-order chi connectivity index (χ0) is 16.4. The Morgan fingerprint density at radius 1 is 1.00 bits per heavy atom. The molecule has 0 aliphatic heterocycles. The molecule has 1 aromatic carbocycles. The smallest absolute Gasteiger partial charge is 0.0688 e. The van der Waals surface area contributed by atoms with Crippen LogP contribution < -0.4 is 5.32 Å². The van der Waals surface area contributed by atoms with Crippen molar-refractivity contribution in [2.24, 2.45) is 0 Å². The maximum Gasteiger partial charge on any atom is 0.0688 e. The monoisotopic (exact) mass is 308 g/mol. The van der Waals surface area contributed by atoms with Crippen LogP contribution in [-0.4, -0.2) is 4.98 Å². The van der Waals surface area contributed by atoms with Gasteiger partial charge in [0.05, 0.1) is 11.7 Å². The standard InChI is InChI=1S/C21H28N2/c1-14(2)17-10-6-11-18(15(3)4)21(17)23-19-12-5-8-16-9-7-13-22-20(16)19/h6-7,9-11,13-15,19,23H,5,8,12H2,1-4H3. The Hall–Kier alpha value is -1.83. The minimum Gasteiger partial charge on any atom is -0.376 e. The Bertz CT molecular complexity index is 647. The molecule has 0 spiro atoms. The lowest BCUT2D eigenvalue weighted by Crippen LogP contribution is -2.20. The number of pyridine rings is 1. The summed E-state index contributed by atoms with van der Waals surface area (Å²) >= 11 is 0. The van der Waals surface area contributed by atoms with Gasteiger partial charge in [0, 0.05) is 11.9 Å². The molecular weight excluding hydrogens is 280 g/mol. The van der Waals surface area contributed by atoms with Crippen LogP contribution in [0.2, 0.25) is 0 Å². The van der Waals surface area contributed by atoms with Crippen LogP contribution in [0.25, 0.3) is 0 Å². The number of para-hydroxylation sites is 1. The van der Waals surface area contributed by atoms with Crippen LogP contribution in [0.15, 0.2) is 36.5 Å². The minimum atomic E-state index is 0.331. The average molecular weight is 308 g/mol. The van der Waals surface area contributed by atoms with Gasteiger partial charge in [-0.1, -0.05) is 52.0 Å². The van der Waals surface area contributed by atoms with Gasteiger partial charge in [0.2, 0.25) is 0 Å². The molecule has 2 nitrogen and oxygen atoms in total. The number of fused-ring (bicyclic) bond motifs is 1. The lowest BCUT2D eigenvalue weighted by molar-refractivity contribution is 0.581. The Kier molecular flexibility index (Phi) is 4.70. The van der Waals surface area contributed by atoms with E-state index in [2.05, 4.69) is 68.3 Å². The van der Waals surface area contributed by atoms with Crippen LogP contribution in [0.1, 0.15) is 80.8 Å². The van der Waals surface area contributed by atoms with Crippen molar-refractivity contribution in [2.45, 2.75) is 64.8 Å². The fourth-order valence-electron chi connectivity index (χ4n) is 3.64. The van der Waals surface area contributed by atoms with Gasteiger partial charge in [0.25, 0.3) is 0 Å². The molecule has 0 radical (unpaired) electrons. The third-order valence-electron chi connectivity index (χ3n) is 4.89. The van der Waals surface area contributed by atoms with Gasteiger partial charge in [0.15, 0.2) is 0 Å². The summed E-state index contributed by atoms with van der Waals surface area (Å²) in [7, 11) is 0. The minimum absolute atomic E-state index is 0.331. The van der Waals surface area contributed by atoms with Crippen LogP contribution >= 0.6 is 0 Å². The first-order valence-electron chi connectivity index (χ1n) is 8.91. The molecule has 0 fully saturated rings. The summed E-state index contributed by atoms with van der Waals surface area (Å²) in [5.41, 5.74) is 6.82. The Labute approximate surface area is 140 Å². The number of benzene rings is 1. The predicted molar refractivity (Wildman–Crippen MR) is 98.2 cm³/mol. The van der Waals surface area contributed by atoms with E-state index >= 15 is 0 Å². The molecule has 0 amide bonds. The fraction of sp³-hybridized carbons (Fsp3) is 0.476. The number of rotatable bonds is 4.